The number of hydrogen-bond acceptors (Lipinski definition) is 4. The third-order valence-corrected chi connectivity index (χ3v) is 4.76. The van der Waals surface area contributed by atoms with Crippen molar-refractivity contribution < 1.29 is 13.9 Å². The third kappa shape index (κ3) is 9.05. The van der Waals surface area contributed by atoms with Crippen molar-refractivity contribution in [1.29, 1.82) is 0 Å². The Labute approximate surface area is 174 Å². The molecular formula is C23H35N3O3. The Kier molecular flexibility index (Phi) is 9.57. The molecule has 1 aromatic carbocycles. The molecule has 29 heavy (non-hydrogen) atoms. The summed E-state index contributed by atoms with van der Waals surface area (Å²) in [7, 11) is 3.42. The predicted molar refractivity (Wildman–Crippen MR) is 118 cm³/mol. The molecule has 2 rings (SSSR count). The van der Waals surface area contributed by atoms with Crippen LogP contribution >= 0.6 is 0 Å². The molecular weight excluding hydrogens is 366 g/mol. The van der Waals surface area contributed by atoms with E-state index in [0.717, 1.165) is 63.0 Å². The van der Waals surface area contributed by atoms with Gasteiger partial charge in [0.25, 0.3) is 0 Å². The molecule has 1 aromatic heterocycles. The SMILES string of the molecule is COCCC(C)(C)CN=C(NCCc1ccc(OC)cc1)NCCc1ccco1. The zero-order chi connectivity index (χ0) is 21.0. The second kappa shape index (κ2) is 12.2. The van der Waals surface area contributed by atoms with E-state index >= 15 is 0 Å². The second-order valence-corrected chi connectivity index (χ2v) is 7.85. The summed E-state index contributed by atoms with van der Waals surface area (Å²) >= 11 is 0. The van der Waals surface area contributed by atoms with Crippen molar-refractivity contribution in [2.45, 2.75) is 33.1 Å². The molecule has 0 radical (unpaired) electrons. The highest BCUT2D eigenvalue weighted by Crippen LogP contribution is 2.20. The molecule has 0 saturated heterocycles. The molecule has 0 atom stereocenters. The fourth-order valence-corrected chi connectivity index (χ4v) is 2.80. The summed E-state index contributed by atoms with van der Waals surface area (Å²) in [5.41, 5.74) is 1.34. The largest absolute Gasteiger partial charge is 0.497 e. The number of benzene rings is 1. The molecule has 0 fully saturated rings. The van der Waals surface area contributed by atoms with E-state index < -0.39 is 0 Å². The summed E-state index contributed by atoms with van der Waals surface area (Å²) in [6.45, 7) is 7.47. The van der Waals surface area contributed by atoms with Gasteiger partial charge in [-0.05, 0) is 48.1 Å². The van der Waals surface area contributed by atoms with E-state index in [-0.39, 0.29) is 5.41 Å². The lowest BCUT2D eigenvalue weighted by Crippen LogP contribution is -2.40. The van der Waals surface area contributed by atoms with E-state index in [1.54, 1.807) is 20.5 Å². The van der Waals surface area contributed by atoms with Gasteiger partial charge in [0.15, 0.2) is 5.96 Å². The van der Waals surface area contributed by atoms with Crippen LogP contribution in [0.2, 0.25) is 0 Å². The van der Waals surface area contributed by atoms with Crippen LogP contribution in [0.25, 0.3) is 0 Å². The first-order valence-electron chi connectivity index (χ1n) is 10.2. The Hall–Kier alpha value is -2.47. The van der Waals surface area contributed by atoms with Crippen molar-refractivity contribution in [3.05, 3.63) is 54.0 Å². The first kappa shape index (κ1) is 22.8. The van der Waals surface area contributed by atoms with Gasteiger partial charge in [-0.25, -0.2) is 0 Å². The molecule has 6 nitrogen and oxygen atoms in total. The topological polar surface area (TPSA) is 68.0 Å². The highest BCUT2D eigenvalue weighted by atomic mass is 16.5. The van der Waals surface area contributed by atoms with Gasteiger partial charge in [-0.15, -0.1) is 0 Å². The second-order valence-electron chi connectivity index (χ2n) is 7.85. The van der Waals surface area contributed by atoms with Crippen LogP contribution < -0.4 is 15.4 Å². The van der Waals surface area contributed by atoms with Crippen molar-refractivity contribution in [2.75, 3.05) is 40.5 Å². The Bertz CT molecular complexity index is 709. The van der Waals surface area contributed by atoms with Crippen LogP contribution in [-0.4, -0.2) is 46.4 Å². The van der Waals surface area contributed by atoms with Gasteiger partial charge in [0.2, 0.25) is 0 Å². The van der Waals surface area contributed by atoms with Crippen molar-refractivity contribution in [3.63, 3.8) is 0 Å². The Morgan fingerprint density at radius 3 is 2.38 bits per heavy atom. The summed E-state index contributed by atoms with van der Waals surface area (Å²) < 4.78 is 15.8. The average Bonchev–Trinajstić information content (AvgIpc) is 3.24. The van der Waals surface area contributed by atoms with Crippen molar-refractivity contribution in [2.24, 2.45) is 10.4 Å². The maximum atomic E-state index is 5.41. The number of guanidine groups is 1. The first-order valence-corrected chi connectivity index (χ1v) is 10.2. The maximum absolute atomic E-state index is 5.41. The minimum Gasteiger partial charge on any atom is -0.497 e. The number of aliphatic imine (C=N–C) groups is 1. The lowest BCUT2D eigenvalue weighted by molar-refractivity contribution is 0.155. The minimum atomic E-state index is 0.0849. The van der Waals surface area contributed by atoms with Crippen LogP contribution in [0.1, 0.15) is 31.6 Å². The molecule has 160 valence electrons. The summed E-state index contributed by atoms with van der Waals surface area (Å²) in [4.78, 5) is 4.81. The molecule has 2 aromatic rings. The molecule has 0 aliphatic rings. The van der Waals surface area contributed by atoms with Crippen LogP contribution in [0.4, 0.5) is 0 Å². The third-order valence-electron chi connectivity index (χ3n) is 4.76. The molecule has 0 aliphatic heterocycles. The van der Waals surface area contributed by atoms with Crippen LogP contribution in [0.15, 0.2) is 52.1 Å². The minimum absolute atomic E-state index is 0.0849. The monoisotopic (exact) mass is 401 g/mol. The number of methoxy groups -OCH3 is 2. The number of rotatable bonds is 12. The maximum Gasteiger partial charge on any atom is 0.191 e. The van der Waals surface area contributed by atoms with E-state index in [4.69, 9.17) is 18.9 Å². The molecule has 6 heteroatoms. The smallest absolute Gasteiger partial charge is 0.191 e. The normalized spacial score (nSPS) is 12.1. The fourth-order valence-electron chi connectivity index (χ4n) is 2.80. The van der Waals surface area contributed by atoms with Crippen LogP contribution in [0, 0.1) is 5.41 Å². The van der Waals surface area contributed by atoms with Crippen molar-refractivity contribution in [3.8, 4) is 5.75 Å². The molecule has 0 bridgehead atoms. The highest BCUT2D eigenvalue weighted by molar-refractivity contribution is 5.79. The van der Waals surface area contributed by atoms with Crippen LogP contribution in [0.5, 0.6) is 5.75 Å². The number of ether oxygens (including phenoxy) is 2. The number of furan rings is 1. The van der Waals surface area contributed by atoms with E-state index in [1.807, 2.05) is 24.3 Å². The number of hydrogen-bond donors (Lipinski definition) is 2. The summed E-state index contributed by atoms with van der Waals surface area (Å²) in [6.07, 6.45) is 4.41. The van der Waals surface area contributed by atoms with Crippen molar-refractivity contribution in [1.82, 2.24) is 10.6 Å². The first-order chi connectivity index (χ1) is 14.0. The van der Waals surface area contributed by atoms with Gasteiger partial charge in [-0.2, -0.15) is 0 Å². The van der Waals surface area contributed by atoms with Crippen LogP contribution in [-0.2, 0) is 17.6 Å². The molecule has 0 spiro atoms. The zero-order valence-corrected chi connectivity index (χ0v) is 18.2. The van der Waals surface area contributed by atoms with Gasteiger partial charge in [0.1, 0.15) is 11.5 Å². The summed E-state index contributed by atoms with van der Waals surface area (Å²) in [5.74, 6) is 2.67. The Morgan fingerprint density at radius 1 is 1.03 bits per heavy atom. The number of nitrogens with one attached hydrogen (secondary N) is 2. The predicted octanol–water partition coefficient (Wildman–Crippen LogP) is 3.67. The van der Waals surface area contributed by atoms with E-state index in [1.165, 1.54) is 5.56 Å². The van der Waals surface area contributed by atoms with E-state index in [0.29, 0.717) is 0 Å². The van der Waals surface area contributed by atoms with Gasteiger partial charge >= 0.3 is 0 Å². The van der Waals surface area contributed by atoms with Crippen molar-refractivity contribution >= 4 is 5.96 Å². The molecule has 2 N–H and O–H groups in total. The van der Waals surface area contributed by atoms with Gasteiger partial charge in [0.05, 0.1) is 13.4 Å². The molecule has 1 heterocycles. The standard InChI is InChI=1S/C23H35N3O3/c1-23(2,13-17-27-3)18-26-22(25-15-12-21-6-5-16-29-21)24-14-11-19-7-9-20(28-4)10-8-19/h5-10,16H,11-15,17-18H2,1-4H3,(H2,24,25,26). The highest BCUT2D eigenvalue weighted by Gasteiger charge is 2.17. The average molecular weight is 402 g/mol. The molecule has 0 saturated carbocycles. The molecule has 0 aliphatic carbocycles. The quantitative estimate of drug-likeness (QED) is 0.420. The summed E-state index contributed by atoms with van der Waals surface area (Å²) in [5, 5.41) is 6.87. The van der Waals surface area contributed by atoms with E-state index in [9.17, 15) is 0 Å². The lowest BCUT2D eigenvalue weighted by atomic mass is 9.90. The lowest BCUT2D eigenvalue weighted by Gasteiger charge is -2.23. The van der Waals surface area contributed by atoms with Gasteiger partial charge in [-0.3, -0.25) is 4.99 Å². The zero-order valence-electron chi connectivity index (χ0n) is 18.2. The molecule has 0 amide bonds. The van der Waals surface area contributed by atoms with Crippen LogP contribution in [0.3, 0.4) is 0 Å². The van der Waals surface area contributed by atoms with Gasteiger partial charge in [0, 0.05) is 39.8 Å². The Morgan fingerprint density at radius 2 is 1.76 bits per heavy atom. The number of nitrogens with zero attached hydrogens (tertiary/aromatic N) is 1. The fraction of sp³-hybridized carbons (Fsp3) is 0.522. The van der Waals surface area contributed by atoms with Gasteiger partial charge in [-0.1, -0.05) is 26.0 Å². The Balaban J connectivity index is 1.88. The van der Waals surface area contributed by atoms with Gasteiger partial charge < -0.3 is 24.5 Å². The summed E-state index contributed by atoms with van der Waals surface area (Å²) in [6, 6.07) is 12.1. The van der Waals surface area contributed by atoms with E-state index in [2.05, 4.69) is 36.6 Å². The molecule has 0 unspecified atom stereocenters.